The van der Waals surface area contributed by atoms with Gasteiger partial charge in [0.2, 0.25) is 0 Å². The van der Waals surface area contributed by atoms with E-state index in [0.29, 0.717) is 12.5 Å². The highest BCUT2D eigenvalue weighted by Crippen LogP contribution is 2.33. The first-order valence-electron chi connectivity index (χ1n) is 6.23. The lowest BCUT2D eigenvalue weighted by Gasteiger charge is -2.30. The predicted molar refractivity (Wildman–Crippen MR) is 65.1 cm³/mol. The van der Waals surface area contributed by atoms with Crippen LogP contribution in [0.1, 0.15) is 38.2 Å². The van der Waals surface area contributed by atoms with Crippen LogP contribution in [-0.2, 0) is 6.54 Å². The topological polar surface area (TPSA) is 48.0 Å². The first kappa shape index (κ1) is 11.7. The van der Waals surface area contributed by atoms with Crippen LogP contribution < -0.4 is 5.32 Å². The molecule has 1 aliphatic carbocycles. The third-order valence-corrected chi connectivity index (χ3v) is 3.71. The van der Waals surface area contributed by atoms with Crippen LogP contribution in [0.5, 0.6) is 0 Å². The monoisotopic (exact) mass is 222 g/mol. The van der Waals surface area contributed by atoms with E-state index in [2.05, 4.69) is 16.4 Å². The highest BCUT2D eigenvalue weighted by molar-refractivity contribution is 5.07. The molecule has 0 aliphatic heterocycles. The quantitative estimate of drug-likeness (QED) is 0.714. The van der Waals surface area contributed by atoms with Gasteiger partial charge in [0.15, 0.2) is 0 Å². The van der Waals surface area contributed by atoms with E-state index in [1.165, 1.54) is 31.2 Å². The Labute approximate surface area is 97.3 Å². The first-order valence-corrected chi connectivity index (χ1v) is 6.23. The van der Waals surface area contributed by atoms with Crippen LogP contribution in [0.3, 0.4) is 0 Å². The lowest BCUT2D eigenvalue weighted by Crippen LogP contribution is -2.43. The second-order valence-electron chi connectivity index (χ2n) is 5.16. The summed E-state index contributed by atoms with van der Waals surface area (Å²) in [6.45, 7) is 3.47. The molecule has 3 nitrogen and oxygen atoms in total. The van der Waals surface area contributed by atoms with Gasteiger partial charge in [-0.25, -0.2) is 0 Å². The summed E-state index contributed by atoms with van der Waals surface area (Å²) in [4.78, 5) is 3.03. The molecule has 3 heteroatoms. The Morgan fingerprint density at radius 1 is 1.50 bits per heavy atom. The first-order chi connectivity index (χ1) is 7.68. The molecule has 0 saturated heterocycles. The Hall–Kier alpha value is -0.800. The zero-order valence-electron chi connectivity index (χ0n) is 10.00. The Morgan fingerprint density at radius 3 is 2.88 bits per heavy atom. The molecular weight excluding hydrogens is 200 g/mol. The van der Waals surface area contributed by atoms with Crippen LogP contribution in [0, 0.1) is 5.92 Å². The summed E-state index contributed by atoms with van der Waals surface area (Å²) in [6, 6.07) is 2.05. The molecule has 3 N–H and O–H groups in total. The van der Waals surface area contributed by atoms with Gasteiger partial charge in [0.1, 0.15) is 0 Å². The molecule has 90 valence electrons. The molecule has 1 unspecified atom stereocenters. The molecule has 1 aromatic heterocycles. The largest absolute Gasteiger partial charge is 0.389 e. The number of aromatic amines is 1. The van der Waals surface area contributed by atoms with Gasteiger partial charge in [-0.2, -0.15) is 0 Å². The molecule has 0 amide bonds. The van der Waals surface area contributed by atoms with Gasteiger partial charge in [-0.3, -0.25) is 0 Å². The van der Waals surface area contributed by atoms with Crippen molar-refractivity contribution in [3.8, 4) is 0 Å². The summed E-state index contributed by atoms with van der Waals surface area (Å²) < 4.78 is 0. The number of aromatic nitrogens is 1. The van der Waals surface area contributed by atoms with E-state index in [1.54, 1.807) is 0 Å². The van der Waals surface area contributed by atoms with Crippen molar-refractivity contribution in [3.63, 3.8) is 0 Å². The zero-order chi connectivity index (χ0) is 11.4. The van der Waals surface area contributed by atoms with E-state index in [0.717, 1.165) is 6.54 Å². The Kier molecular flexibility index (Phi) is 3.66. The van der Waals surface area contributed by atoms with Gasteiger partial charge >= 0.3 is 0 Å². The summed E-state index contributed by atoms with van der Waals surface area (Å²) in [5.41, 5.74) is 0.689. The third-order valence-electron chi connectivity index (χ3n) is 3.71. The van der Waals surface area contributed by atoms with Gasteiger partial charge < -0.3 is 15.4 Å². The molecule has 1 aliphatic rings. The fraction of sp³-hybridized carbons (Fsp3) is 0.692. The summed E-state index contributed by atoms with van der Waals surface area (Å²) in [5.74, 6) is 0.478. The van der Waals surface area contributed by atoms with Crippen molar-refractivity contribution >= 4 is 0 Å². The molecule has 0 bridgehead atoms. The zero-order valence-corrected chi connectivity index (χ0v) is 10.00. The molecule has 0 radical (unpaired) electrons. The van der Waals surface area contributed by atoms with Crippen LogP contribution in [0.2, 0.25) is 0 Å². The summed E-state index contributed by atoms with van der Waals surface area (Å²) in [5, 5.41) is 13.7. The smallest absolute Gasteiger partial charge is 0.0771 e. The van der Waals surface area contributed by atoms with Crippen LogP contribution in [0.15, 0.2) is 18.5 Å². The van der Waals surface area contributed by atoms with E-state index < -0.39 is 5.60 Å². The average Bonchev–Trinajstić information content (AvgIpc) is 2.90. The molecule has 1 atom stereocenters. The van der Waals surface area contributed by atoms with Crippen LogP contribution in [0.4, 0.5) is 0 Å². The molecular formula is C13H22N2O. The van der Waals surface area contributed by atoms with Crippen molar-refractivity contribution in [1.29, 1.82) is 0 Å². The van der Waals surface area contributed by atoms with Gasteiger partial charge in [-0.05, 0) is 37.3 Å². The van der Waals surface area contributed by atoms with Crippen LogP contribution in [-0.4, -0.2) is 22.2 Å². The average molecular weight is 222 g/mol. The van der Waals surface area contributed by atoms with E-state index in [-0.39, 0.29) is 0 Å². The molecule has 0 spiro atoms. The van der Waals surface area contributed by atoms with E-state index >= 15 is 0 Å². The minimum Gasteiger partial charge on any atom is -0.389 e. The van der Waals surface area contributed by atoms with E-state index in [9.17, 15) is 5.11 Å². The van der Waals surface area contributed by atoms with Gasteiger partial charge in [-0.15, -0.1) is 0 Å². The maximum Gasteiger partial charge on any atom is 0.0771 e. The lowest BCUT2D eigenvalue weighted by atomic mass is 9.88. The van der Waals surface area contributed by atoms with Crippen molar-refractivity contribution in [1.82, 2.24) is 10.3 Å². The second-order valence-corrected chi connectivity index (χ2v) is 5.16. The highest BCUT2D eigenvalue weighted by atomic mass is 16.3. The molecule has 1 saturated carbocycles. The summed E-state index contributed by atoms with van der Waals surface area (Å²) in [6.07, 6.45) is 8.82. The maximum atomic E-state index is 10.4. The number of nitrogens with one attached hydrogen (secondary N) is 2. The van der Waals surface area contributed by atoms with Crippen molar-refractivity contribution in [3.05, 3.63) is 24.0 Å². The van der Waals surface area contributed by atoms with Crippen molar-refractivity contribution in [2.45, 2.75) is 44.8 Å². The van der Waals surface area contributed by atoms with Gasteiger partial charge in [-0.1, -0.05) is 12.8 Å². The number of aliphatic hydroxyl groups is 1. The summed E-state index contributed by atoms with van der Waals surface area (Å²) in [7, 11) is 0. The maximum absolute atomic E-state index is 10.4. The van der Waals surface area contributed by atoms with Crippen LogP contribution >= 0.6 is 0 Å². The van der Waals surface area contributed by atoms with Gasteiger partial charge in [0.25, 0.3) is 0 Å². The highest BCUT2D eigenvalue weighted by Gasteiger charge is 2.33. The van der Waals surface area contributed by atoms with Crippen molar-refractivity contribution in [2.75, 3.05) is 6.54 Å². The van der Waals surface area contributed by atoms with Gasteiger partial charge in [0, 0.05) is 25.5 Å². The van der Waals surface area contributed by atoms with Crippen molar-refractivity contribution < 1.29 is 5.11 Å². The van der Waals surface area contributed by atoms with E-state index in [1.807, 2.05) is 19.3 Å². The normalized spacial score (nSPS) is 21.1. The predicted octanol–water partition coefficient (Wildman–Crippen LogP) is 2.05. The van der Waals surface area contributed by atoms with Gasteiger partial charge in [0.05, 0.1) is 5.60 Å². The number of rotatable bonds is 5. The lowest BCUT2D eigenvalue weighted by molar-refractivity contribution is 0.00217. The minimum atomic E-state index is -0.549. The summed E-state index contributed by atoms with van der Waals surface area (Å²) >= 11 is 0. The second kappa shape index (κ2) is 5.02. The third kappa shape index (κ3) is 2.86. The SMILES string of the molecule is CC(O)(CNCc1cc[nH]c1)C1CCCC1. The molecule has 1 aromatic rings. The molecule has 16 heavy (non-hydrogen) atoms. The van der Waals surface area contributed by atoms with Crippen LogP contribution in [0.25, 0.3) is 0 Å². The number of hydrogen-bond donors (Lipinski definition) is 3. The molecule has 2 rings (SSSR count). The molecule has 1 heterocycles. The fourth-order valence-corrected chi connectivity index (χ4v) is 2.62. The van der Waals surface area contributed by atoms with Crippen molar-refractivity contribution in [2.24, 2.45) is 5.92 Å². The Bertz CT molecular complexity index is 300. The molecule has 0 aromatic carbocycles. The number of hydrogen-bond acceptors (Lipinski definition) is 2. The molecule has 1 fully saturated rings. The van der Waals surface area contributed by atoms with E-state index in [4.69, 9.17) is 0 Å². The fourth-order valence-electron chi connectivity index (χ4n) is 2.62. The number of H-pyrrole nitrogens is 1. The standard InChI is InChI=1S/C13H22N2O/c1-13(16,12-4-2-3-5-12)10-15-9-11-6-7-14-8-11/h6-8,12,14-16H,2-5,9-10H2,1H3. The minimum absolute atomic E-state index is 0.478. The Balaban J connectivity index is 1.75. The Morgan fingerprint density at radius 2 is 2.25 bits per heavy atom.